The van der Waals surface area contributed by atoms with E-state index in [-0.39, 0.29) is 18.5 Å². The molecule has 0 radical (unpaired) electrons. The Morgan fingerprint density at radius 1 is 1.28 bits per heavy atom. The predicted molar refractivity (Wildman–Crippen MR) is 115 cm³/mol. The summed E-state index contributed by atoms with van der Waals surface area (Å²) in [5.74, 6) is -1.74. The van der Waals surface area contributed by atoms with Crippen LogP contribution in [0, 0.1) is 0 Å². The lowest BCUT2D eigenvalue weighted by molar-refractivity contribution is -0.149. The quantitative estimate of drug-likeness (QED) is 0.299. The lowest BCUT2D eigenvalue weighted by atomic mass is 10.1. The van der Waals surface area contributed by atoms with Crippen molar-refractivity contribution in [3.05, 3.63) is 12.7 Å². The summed E-state index contributed by atoms with van der Waals surface area (Å²) in [5.41, 5.74) is 5.14. The number of rotatable bonds is 12. The zero-order valence-corrected chi connectivity index (χ0v) is 19.5. The third-order valence-corrected chi connectivity index (χ3v) is 6.09. The van der Waals surface area contributed by atoms with Crippen LogP contribution in [0.2, 0.25) is 0 Å². The standard InChI is InChI=1S/C18H29N6O7P/c1-11(2)31-13(25)7-30-32(28,23-18(4,5)17(26)27)10-29-12(3)6-24-9-22-14-15(19)20-8-21-16(14)24/h8-9,11-12H,6-7,10H2,1-5H3,(H,23,28)(H,26,27)(H2,19,20,21)/t12-,32?/m1/s1. The molecule has 1 unspecified atom stereocenters. The highest BCUT2D eigenvalue weighted by atomic mass is 31.2. The average Bonchev–Trinajstić information content (AvgIpc) is 3.08. The van der Waals surface area contributed by atoms with E-state index >= 15 is 0 Å². The molecule has 14 heteroatoms. The largest absolute Gasteiger partial charge is 0.480 e. The molecule has 0 spiro atoms. The second-order valence-electron chi connectivity index (χ2n) is 7.96. The van der Waals surface area contributed by atoms with Gasteiger partial charge in [-0.05, 0) is 34.6 Å². The fourth-order valence-electron chi connectivity index (χ4n) is 2.62. The van der Waals surface area contributed by atoms with Crippen molar-refractivity contribution >= 4 is 36.4 Å². The van der Waals surface area contributed by atoms with E-state index < -0.39 is 44.1 Å². The zero-order valence-electron chi connectivity index (χ0n) is 18.6. The number of carbonyl (C=O) groups is 2. The van der Waals surface area contributed by atoms with Crippen molar-refractivity contribution in [1.82, 2.24) is 24.6 Å². The first-order chi connectivity index (χ1) is 14.8. The molecule has 32 heavy (non-hydrogen) atoms. The van der Waals surface area contributed by atoms with Gasteiger partial charge in [0.15, 0.2) is 18.1 Å². The average molecular weight is 472 g/mol. The third-order valence-electron chi connectivity index (χ3n) is 4.15. The number of esters is 1. The van der Waals surface area contributed by atoms with Crippen molar-refractivity contribution in [3.8, 4) is 0 Å². The second kappa shape index (κ2) is 10.3. The van der Waals surface area contributed by atoms with E-state index in [0.717, 1.165) is 0 Å². The second-order valence-corrected chi connectivity index (χ2v) is 10.0. The monoisotopic (exact) mass is 472 g/mol. The lowest BCUT2D eigenvalue weighted by Crippen LogP contribution is -2.46. The fraction of sp³-hybridized carbons (Fsp3) is 0.611. The first-order valence-corrected chi connectivity index (χ1v) is 11.6. The molecule has 2 aromatic rings. The number of nitrogen functional groups attached to an aromatic ring is 1. The number of ether oxygens (including phenoxy) is 2. The number of hydrogen-bond donors (Lipinski definition) is 3. The molecule has 0 fully saturated rings. The summed E-state index contributed by atoms with van der Waals surface area (Å²) >= 11 is 0. The molecule has 2 rings (SSSR count). The van der Waals surface area contributed by atoms with Crippen LogP contribution in [0.1, 0.15) is 34.6 Å². The number of carboxylic acid groups (broad SMARTS) is 1. The predicted octanol–water partition coefficient (Wildman–Crippen LogP) is 1.39. The summed E-state index contributed by atoms with van der Waals surface area (Å²) in [5, 5.41) is 11.8. The molecule has 2 heterocycles. The minimum Gasteiger partial charge on any atom is -0.480 e. The van der Waals surface area contributed by atoms with Crippen LogP contribution >= 0.6 is 7.52 Å². The number of nitrogens with one attached hydrogen (secondary N) is 1. The van der Waals surface area contributed by atoms with Crippen LogP contribution in [-0.2, 0) is 34.7 Å². The lowest BCUT2D eigenvalue weighted by Gasteiger charge is -2.28. The van der Waals surface area contributed by atoms with Crippen molar-refractivity contribution in [3.63, 3.8) is 0 Å². The molecule has 2 aromatic heterocycles. The van der Waals surface area contributed by atoms with E-state index in [4.69, 9.17) is 19.7 Å². The number of nitrogens with zero attached hydrogens (tertiary/aromatic N) is 4. The van der Waals surface area contributed by atoms with Crippen molar-refractivity contribution < 1.29 is 33.3 Å². The fourth-order valence-corrected chi connectivity index (χ4v) is 4.53. The molecule has 0 saturated carbocycles. The Hall–Kier alpha value is -2.60. The number of carbonyl (C=O) groups excluding carboxylic acids is 1. The Kier molecular flexibility index (Phi) is 8.29. The molecule has 2 atom stereocenters. The van der Waals surface area contributed by atoms with Gasteiger partial charge in [-0.25, -0.2) is 24.8 Å². The summed E-state index contributed by atoms with van der Waals surface area (Å²) in [6, 6.07) is 0. The molecule has 4 N–H and O–H groups in total. The number of aromatic nitrogens is 4. The van der Waals surface area contributed by atoms with E-state index in [1.165, 1.54) is 26.5 Å². The summed E-state index contributed by atoms with van der Waals surface area (Å²) in [4.78, 5) is 35.5. The molecule has 0 saturated heterocycles. The number of fused-ring (bicyclic) bond motifs is 1. The SMILES string of the molecule is CC(C)OC(=O)COP(=O)(CO[C@H](C)Cn1cnc2c(N)ncnc21)NC(C)(C)C(=O)O. The molecule has 0 amide bonds. The summed E-state index contributed by atoms with van der Waals surface area (Å²) in [6.07, 6.45) is 1.48. The number of hydrogen-bond acceptors (Lipinski definition) is 10. The summed E-state index contributed by atoms with van der Waals surface area (Å²) < 4.78 is 30.9. The smallest absolute Gasteiger partial charge is 0.332 e. The maximum atomic E-state index is 13.3. The van der Waals surface area contributed by atoms with Crippen LogP contribution in [0.25, 0.3) is 11.2 Å². The molecule has 0 aromatic carbocycles. The van der Waals surface area contributed by atoms with Crippen molar-refractivity contribution in [2.45, 2.75) is 58.9 Å². The number of nitrogens with two attached hydrogens (primary N) is 1. The normalized spacial score (nSPS) is 14.9. The summed E-state index contributed by atoms with van der Waals surface area (Å²) in [6.45, 7) is 7.34. The van der Waals surface area contributed by atoms with Crippen molar-refractivity contribution in [2.75, 3.05) is 18.7 Å². The first-order valence-electron chi connectivity index (χ1n) is 9.82. The van der Waals surface area contributed by atoms with Gasteiger partial charge in [-0.3, -0.25) is 9.36 Å². The van der Waals surface area contributed by atoms with Gasteiger partial charge < -0.3 is 29.4 Å². The van der Waals surface area contributed by atoms with Crippen LogP contribution < -0.4 is 10.8 Å². The van der Waals surface area contributed by atoms with Crippen LogP contribution in [0.3, 0.4) is 0 Å². The van der Waals surface area contributed by atoms with E-state index in [0.29, 0.717) is 11.2 Å². The minimum absolute atomic E-state index is 0.244. The van der Waals surface area contributed by atoms with Crippen LogP contribution in [0.4, 0.5) is 5.82 Å². The van der Waals surface area contributed by atoms with Gasteiger partial charge in [0.05, 0.1) is 25.1 Å². The third kappa shape index (κ3) is 6.95. The highest BCUT2D eigenvalue weighted by molar-refractivity contribution is 7.56. The van der Waals surface area contributed by atoms with Crippen LogP contribution in [0.15, 0.2) is 12.7 Å². The maximum absolute atomic E-state index is 13.3. The van der Waals surface area contributed by atoms with Gasteiger partial charge in [0, 0.05) is 0 Å². The number of carboxylic acids is 1. The van der Waals surface area contributed by atoms with Crippen LogP contribution in [-0.4, -0.2) is 67.3 Å². The molecule has 178 valence electrons. The Labute approximate surface area is 185 Å². The topological polar surface area (TPSA) is 181 Å². The summed E-state index contributed by atoms with van der Waals surface area (Å²) in [7, 11) is -3.92. The Morgan fingerprint density at radius 3 is 2.59 bits per heavy atom. The van der Waals surface area contributed by atoms with Crippen molar-refractivity contribution in [2.24, 2.45) is 0 Å². The van der Waals surface area contributed by atoms with E-state index in [2.05, 4.69) is 20.0 Å². The van der Waals surface area contributed by atoms with Crippen LogP contribution in [0.5, 0.6) is 0 Å². The Morgan fingerprint density at radius 2 is 1.97 bits per heavy atom. The maximum Gasteiger partial charge on any atom is 0.332 e. The Balaban J connectivity index is 2.08. The van der Waals surface area contributed by atoms with Gasteiger partial charge in [0.2, 0.25) is 0 Å². The molecule has 0 aliphatic rings. The van der Waals surface area contributed by atoms with Gasteiger partial charge in [-0.15, -0.1) is 0 Å². The first kappa shape index (κ1) is 25.7. The van der Waals surface area contributed by atoms with E-state index in [9.17, 15) is 19.3 Å². The molecule has 0 aliphatic heterocycles. The molecule has 13 nitrogen and oxygen atoms in total. The van der Waals surface area contributed by atoms with Gasteiger partial charge in [-0.1, -0.05) is 0 Å². The van der Waals surface area contributed by atoms with Gasteiger partial charge in [0.1, 0.15) is 23.7 Å². The van der Waals surface area contributed by atoms with Gasteiger partial charge in [-0.2, -0.15) is 0 Å². The molecule has 0 aliphatic carbocycles. The van der Waals surface area contributed by atoms with Gasteiger partial charge in [0.25, 0.3) is 7.52 Å². The van der Waals surface area contributed by atoms with Crippen molar-refractivity contribution in [1.29, 1.82) is 0 Å². The number of aliphatic carboxylic acids is 1. The Bertz CT molecular complexity index is 1010. The minimum atomic E-state index is -3.92. The number of anilines is 1. The molecular weight excluding hydrogens is 443 g/mol. The van der Waals surface area contributed by atoms with E-state index in [1.807, 2.05) is 0 Å². The molecular formula is C18H29N6O7P. The van der Waals surface area contributed by atoms with Gasteiger partial charge >= 0.3 is 11.9 Å². The highest BCUT2D eigenvalue weighted by Crippen LogP contribution is 2.45. The zero-order chi connectivity index (χ0) is 24.1. The number of imidazole rings is 1. The highest BCUT2D eigenvalue weighted by Gasteiger charge is 2.38. The molecule has 0 bridgehead atoms. The van der Waals surface area contributed by atoms with E-state index in [1.54, 1.807) is 25.3 Å².